The van der Waals surface area contributed by atoms with E-state index < -0.39 is 0 Å². The standard InChI is InChI=1S/C10H19NO/c1-10(2,3)12-9-6-8-7(9)4-5-11-8/h7-9,11H,4-6H2,1-3H3/t7-,8-,9-/m1/s1. The van der Waals surface area contributed by atoms with E-state index in [9.17, 15) is 0 Å². The summed E-state index contributed by atoms with van der Waals surface area (Å²) < 4.78 is 5.95. The van der Waals surface area contributed by atoms with Crippen LogP contribution in [0.5, 0.6) is 0 Å². The van der Waals surface area contributed by atoms with Crippen molar-refractivity contribution < 1.29 is 4.74 Å². The van der Waals surface area contributed by atoms with Gasteiger partial charge in [0.25, 0.3) is 0 Å². The third-order valence-electron chi connectivity index (χ3n) is 2.87. The molecule has 2 heteroatoms. The fourth-order valence-electron chi connectivity index (χ4n) is 2.31. The summed E-state index contributed by atoms with van der Waals surface area (Å²) in [7, 11) is 0. The Morgan fingerprint density at radius 3 is 2.67 bits per heavy atom. The van der Waals surface area contributed by atoms with Gasteiger partial charge in [-0.15, -0.1) is 0 Å². The second-order valence-corrected chi connectivity index (χ2v) is 5.02. The van der Waals surface area contributed by atoms with Crippen LogP contribution < -0.4 is 5.32 Å². The van der Waals surface area contributed by atoms with Crippen LogP contribution in [0.2, 0.25) is 0 Å². The van der Waals surface area contributed by atoms with Gasteiger partial charge in [-0.25, -0.2) is 0 Å². The first-order valence-corrected chi connectivity index (χ1v) is 4.97. The number of fused-ring (bicyclic) bond motifs is 1. The molecule has 0 amide bonds. The second kappa shape index (κ2) is 2.71. The minimum Gasteiger partial charge on any atom is -0.372 e. The molecule has 0 radical (unpaired) electrons. The monoisotopic (exact) mass is 169 g/mol. The fraction of sp³-hybridized carbons (Fsp3) is 1.00. The molecule has 1 saturated carbocycles. The van der Waals surface area contributed by atoms with Gasteiger partial charge in [0.05, 0.1) is 11.7 Å². The zero-order valence-electron chi connectivity index (χ0n) is 8.26. The van der Waals surface area contributed by atoms with Crippen molar-refractivity contribution in [3.8, 4) is 0 Å². The molecule has 12 heavy (non-hydrogen) atoms. The highest BCUT2D eigenvalue weighted by Gasteiger charge is 2.45. The molecule has 0 aromatic rings. The molecule has 2 rings (SSSR count). The molecule has 0 aromatic carbocycles. The van der Waals surface area contributed by atoms with Crippen LogP contribution in [0.3, 0.4) is 0 Å². The molecule has 0 aromatic heterocycles. The topological polar surface area (TPSA) is 21.3 Å². The Bertz CT molecular complexity index is 173. The Balaban J connectivity index is 1.85. The lowest BCUT2D eigenvalue weighted by molar-refractivity contribution is -0.128. The van der Waals surface area contributed by atoms with E-state index in [1.54, 1.807) is 0 Å². The molecule has 1 aliphatic heterocycles. The third kappa shape index (κ3) is 1.50. The zero-order valence-corrected chi connectivity index (χ0v) is 8.26. The lowest BCUT2D eigenvalue weighted by Crippen LogP contribution is -2.51. The van der Waals surface area contributed by atoms with Gasteiger partial charge < -0.3 is 10.1 Å². The van der Waals surface area contributed by atoms with Crippen LogP contribution in [0.15, 0.2) is 0 Å². The average Bonchev–Trinajstić information content (AvgIpc) is 2.24. The number of hydrogen-bond donors (Lipinski definition) is 1. The van der Waals surface area contributed by atoms with E-state index in [4.69, 9.17) is 4.74 Å². The molecule has 2 nitrogen and oxygen atoms in total. The molecule has 2 aliphatic rings. The summed E-state index contributed by atoms with van der Waals surface area (Å²) >= 11 is 0. The van der Waals surface area contributed by atoms with Crippen molar-refractivity contribution in [1.29, 1.82) is 0 Å². The van der Waals surface area contributed by atoms with E-state index in [1.165, 1.54) is 19.4 Å². The SMILES string of the molecule is CC(C)(C)O[C@@H]1C[C@H]2NCC[C@H]21. The summed E-state index contributed by atoms with van der Waals surface area (Å²) in [5.74, 6) is 0.809. The maximum Gasteiger partial charge on any atom is 0.0640 e. The van der Waals surface area contributed by atoms with Gasteiger partial charge in [0, 0.05) is 12.0 Å². The predicted molar refractivity (Wildman–Crippen MR) is 49.1 cm³/mol. The Labute approximate surface area is 74.7 Å². The molecule has 1 aliphatic carbocycles. The van der Waals surface area contributed by atoms with Gasteiger partial charge in [-0.2, -0.15) is 0 Å². The van der Waals surface area contributed by atoms with Crippen LogP contribution in [-0.4, -0.2) is 24.3 Å². The van der Waals surface area contributed by atoms with E-state index in [1.807, 2.05) is 0 Å². The van der Waals surface area contributed by atoms with Gasteiger partial charge in [-0.05, 0) is 40.2 Å². The molecular formula is C10H19NO. The van der Waals surface area contributed by atoms with Gasteiger partial charge >= 0.3 is 0 Å². The van der Waals surface area contributed by atoms with Crippen molar-refractivity contribution in [2.24, 2.45) is 5.92 Å². The molecule has 2 fully saturated rings. The quantitative estimate of drug-likeness (QED) is 0.643. The maximum atomic E-state index is 5.95. The molecule has 0 unspecified atom stereocenters. The van der Waals surface area contributed by atoms with Gasteiger partial charge in [-0.1, -0.05) is 0 Å². The van der Waals surface area contributed by atoms with E-state index in [2.05, 4.69) is 26.1 Å². The summed E-state index contributed by atoms with van der Waals surface area (Å²) in [6.45, 7) is 7.62. The summed E-state index contributed by atoms with van der Waals surface area (Å²) in [5, 5.41) is 3.49. The summed E-state index contributed by atoms with van der Waals surface area (Å²) in [6.07, 6.45) is 3.07. The Hall–Kier alpha value is -0.0800. The highest BCUT2D eigenvalue weighted by Crippen LogP contribution is 2.38. The third-order valence-corrected chi connectivity index (χ3v) is 2.87. The van der Waals surface area contributed by atoms with Gasteiger partial charge in [0.15, 0.2) is 0 Å². The number of rotatable bonds is 1. The van der Waals surface area contributed by atoms with Gasteiger partial charge in [0.2, 0.25) is 0 Å². The van der Waals surface area contributed by atoms with Crippen LogP contribution in [0.25, 0.3) is 0 Å². The average molecular weight is 169 g/mol. The van der Waals surface area contributed by atoms with E-state index in [0.29, 0.717) is 6.10 Å². The smallest absolute Gasteiger partial charge is 0.0640 e. The first kappa shape index (κ1) is 8.52. The first-order valence-electron chi connectivity index (χ1n) is 4.97. The minimum atomic E-state index is 0.0399. The van der Waals surface area contributed by atoms with E-state index in [-0.39, 0.29) is 5.60 Å². The van der Waals surface area contributed by atoms with Gasteiger partial charge in [-0.3, -0.25) is 0 Å². The molecule has 0 bridgehead atoms. The Morgan fingerprint density at radius 2 is 2.08 bits per heavy atom. The summed E-state index contributed by atoms with van der Waals surface area (Å²) in [6, 6.07) is 0.775. The second-order valence-electron chi connectivity index (χ2n) is 5.02. The normalized spacial score (nSPS) is 40.8. The van der Waals surface area contributed by atoms with Crippen LogP contribution in [0.1, 0.15) is 33.6 Å². The van der Waals surface area contributed by atoms with Crippen molar-refractivity contribution >= 4 is 0 Å². The predicted octanol–water partition coefficient (Wildman–Crippen LogP) is 1.55. The van der Waals surface area contributed by atoms with Crippen molar-refractivity contribution in [2.75, 3.05) is 6.54 Å². The maximum absolute atomic E-state index is 5.95. The van der Waals surface area contributed by atoms with Crippen LogP contribution in [0, 0.1) is 5.92 Å². The van der Waals surface area contributed by atoms with E-state index >= 15 is 0 Å². The molecule has 3 atom stereocenters. The highest BCUT2D eigenvalue weighted by molar-refractivity contribution is 5.00. The Morgan fingerprint density at radius 1 is 1.33 bits per heavy atom. The minimum absolute atomic E-state index is 0.0399. The van der Waals surface area contributed by atoms with Crippen LogP contribution in [0.4, 0.5) is 0 Å². The fourth-order valence-corrected chi connectivity index (χ4v) is 2.31. The zero-order chi connectivity index (χ0) is 8.77. The van der Waals surface area contributed by atoms with Crippen molar-refractivity contribution in [3.05, 3.63) is 0 Å². The summed E-state index contributed by atoms with van der Waals surface area (Å²) in [5.41, 5.74) is 0.0399. The van der Waals surface area contributed by atoms with Crippen LogP contribution >= 0.6 is 0 Å². The molecule has 70 valence electrons. The number of hydrogen-bond acceptors (Lipinski definition) is 2. The summed E-state index contributed by atoms with van der Waals surface area (Å²) in [4.78, 5) is 0. The molecule has 0 spiro atoms. The number of nitrogens with one attached hydrogen (secondary N) is 1. The Kier molecular flexibility index (Phi) is 1.92. The number of ether oxygens (including phenoxy) is 1. The first-order chi connectivity index (χ1) is 5.56. The lowest BCUT2D eigenvalue weighted by atomic mass is 9.77. The molecule has 1 N–H and O–H groups in total. The molecule has 1 saturated heterocycles. The van der Waals surface area contributed by atoms with Crippen molar-refractivity contribution in [2.45, 2.75) is 51.4 Å². The van der Waals surface area contributed by atoms with Crippen LogP contribution in [-0.2, 0) is 4.74 Å². The largest absolute Gasteiger partial charge is 0.372 e. The van der Waals surface area contributed by atoms with Crippen molar-refractivity contribution in [3.63, 3.8) is 0 Å². The van der Waals surface area contributed by atoms with E-state index in [0.717, 1.165) is 12.0 Å². The molecular weight excluding hydrogens is 150 g/mol. The van der Waals surface area contributed by atoms with Gasteiger partial charge in [0.1, 0.15) is 0 Å². The lowest BCUT2D eigenvalue weighted by Gasteiger charge is -2.43. The van der Waals surface area contributed by atoms with Crippen molar-refractivity contribution in [1.82, 2.24) is 5.32 Å². The highest BCUT2D eigenvalue weighted by atomic mass is 16.5. The molecule has 1 heterocycles.